The molecule has 1 rings (SSSR count). The van der Waals surface area contributed by atoms with E-state index in [2.05, 4.69) is 5.32 Å². The molecular weight excluding hydrogens is 381 g/mol. The van der Waals surface area contributed by atoms with Gasteiger partial charge in [-0.2, -0.15) is 0 Å². The summed E-state index contributed by atoms with van der Waals surface area (Å²) in [4.78, 5) is 11.8. The standard InChI is InChI=1S/C15H20F5NO4Si/c1-3-23-15(25-26,24-4-2)6-5-7-21-14(22)8-9(16)11(18)13(20)12(19)10(8)17/h3-7H2,1-2,26H3,(H,21,22). The number of hydrogen-bond acceptors (Lipinski definition) is 4. The summed E-state index contributed by atoms with van der Waals surface area (Å²) in [5, 5.41) is 2.11. The van der Waals surface area contributed by atoms with Crippen molar-refractivity contribution in [1.82, 2.24) is 5.32 Å². The minimum atomic E-state index is -2.32. The molecule has 0 aliphatic rings. The van der Waals surface area contributed by atoms with Crippen molar-refractivity contribution in [2.24, 2.45) is 0 Å². The van der Waals surface area contributed by atoms with Crippen LogP contribution in [0.15, 0.2) is 0 Å². The smallest absolute Gasteiger partial charge is 0.272 e. The highest BCUT2D eigenvalue weighted by molar-refractivity contribution is 5.98. The molecule has 1 amide bonds. The van der Waals surface area contributed by atoms with Crippen molar-refractivity contribution in [3.05, 3.63) is 34.6 Å². The molecule has 0 saturated carbocycles. The number of hydrogen-bond donors (Lipinski definition) is 1. The molecule has 0 aliphatic heterocycles. The van der Waals surface area contributed by atoms with Crippen LogP contribution >= 0.6 is 0 Å². The van der Waals surface area contributed by atoms with E-state index < -0.39 is 46.5 Å². The van der Waals surface area contributed by atoms with Gasteiger partial charge in [0.25, 0.3) is 11.9 Å². The summed E-state index contributed by atoms with van der Waals surface area (Å²) in [6, 6.07) is 0. The van der Waals surface area contributed by atoms with E-state index in [1.807, 2.05) is 0 Å². The molecule has 0 spiro atoms. The monoisotopic (exact) mass is 401 g/mol. The van der Waals surface area contributed by atoms with Crippen molar-refractivity contribution < 1.29 is 40.6 Å². The molecule has 0 heterocycles. The second-order valence-corrected chi connectivity index (χ2v) is 5.47. The number of benzene rings is 1. The molecule has 148 valence electrons. The Morgan fingerprint density at radius 2 is 1.42 bits per heavy atom. The highest BCUT2D eigenvalue weighted by atomic mass is 28.2. The third-order valence-electron chi connectivity index (χ3n) is 3.42. The molecule has 0 aromatic heterocycles. The number of nitrogens with one attached hydrogen (secondary N) is 1. The number of ether oxygens (including phenoxy) is 2. The molecule has 0 radical (unpaired) electrons. The van der Waals surface area contributed by atoms with Gasteiger partial charge in [0.15, 0.2) is 33.8 Å². The lowest BCUT2D eigenvalue weighted by molar-refractivity contribution is -0.343. The van der Waals surface area contributed by atoms with Crippen LogP contribution in [0.5, 0.6) is 0 Å². The molecular formula is C15H20F5NO4Si. The van der Waals surface area contributed by atoms with Crippen LogP contribution in [0, 0.1) is 29.1 Å². The SMILES string of the molecule is CCOC(CCCNC(=O)c1c(F)c(F)c(F)c(F)c1F)(O[SiH3])OCC. The quantitative estimate of drug-likeness (QED) is 0.163. The van der Waals surface area contributed by atoms with Gasteiger partial charge in [-0.1, -0.05) is 0 Å². The number of rotatable bonds is 10. The molecule has 0 unspecified atom stereocenters. The first-order chi connectivity index (χ1) is 12.2. The third-order valence-corrected chi connectivity index (χ3v) is 4.04. The lowest BCUT2D eigenvalue weighted by atomic mass is 10.1. The summed E-state index contributed by atoms with van der Waals surface area (Å²) in [7, 11) is 0.308. The molecule has 0 bridgehead atoms. The van der Waals surface area contributed by atoms with Gasteiger partial charge in [0, 0.05) is 26.2 Å². The third kappa shape index (κ3) is 4.99. The first-order valence-corrected chi connectivity index (χ1v) is 8.68. The van der Waals surface area contributed by atoms with E-state index in [1.54, 1.807) is 13.8 Å². The Kier molecular flexibility index (Phi) is 8.60. The minimum absolute atomic E-state index is 0.120. The Labute approximate surface area is 150 Å². The highest BCUT2D eigenvalue weighted by Gasteiger charge is 2.31. The van der Waals surface area contributed by atoms with E-state index >= 15 is 0 Å². The fourth-order valence-electron chi connectivity index (χ4n) is 2.25. The fraction of sp³-hybridized carbons (Fsp3) is 0.533. The largest absolute Gasteiger partial charge is 0.380 e. The molecule has 1 N–H and O–H groups in total. The molecule has 0 atom stereocenters. The van der Waals surface area contributed by atoms with Crippen molar-refractivity contribution >= 4 is 16.4 Å². The highest BCUT2D eigenvalue weighted by Crippen LogP contribution is 2.23. The van der Waals surface area contributed by atoms with Crippen LogP contribution < -0.4 is 5.32 Å². The Morgan fingerprint density at radius 3 is 1.85 bits per heavy atom. The van der Waals surface area contributed by atoms with E-state index in [4.69, 9.17) is 13.9 Å². The van der Waals surface area contributed by atoms with Crippen molar-refractivity contribution in [3.8, 4) is 0 Å². The first kappa shape index (κ1) is 22.5. The normalized spacial score (nSPS) is 11.8. The topological polar surface area (TPSA) is 56.8 Å². The van der Waals surface area contributed by atoms with E-state index in [9.17, 15) is 26.7 Å². The summed E-state index contributed by atoms with van der Waals surface area (Å²) >= 11 is 0. The van der Waals surface area contributed by atoms with Crippen LogP contribution in [-0.4, -0.2) is 42.1 Å². The Hall–Kier alpha value is -1.56. The fourth-order valence-corrected chi connectivity index (χ4v) is 2.69. The van der Waals surface area contributed by atoms with Gasteiger partial charge in [0.2, 0.25) is 5.82 Å². The number of carbonyl (C=O) groups excluding carboxylic acids is 1. The maximum Gasteiger partial charge on any atom is 0.272 e. The van der Waals surface area contributed by atoms with Crippen molar-refractivity contribution in [1.29, 1.82) is 0 Å². The average molecular weight is 401 g/mol. The summed E-state index contributed by atoms with van der Waals surface area (Å²) in [6.07, 6.45) is 0.402. The molecule has 0 fully saturated rings. The van der Waals surface area contributed by atoms with Crippen molar-refractivity contribution in [2.45, 2.75) is 32.7 Å². The first-order valence-electron chi connectivity index (χ1n) is 7.87. The van der Waals surface area contributed by atoms with Gasteiger partial charge < -0.3 is 19.2 Å². The van der Waals surface area contributed by atoms with Gasteiger partial charge in [-0.3, -0.25) is 4.79 Å². The summed E-state index contributed by atoms with van der Waals surface area (Å²) in [5.41, 5.74) is -1.53. The molecule has 11 heteroatoms. The zero-order valence-electron chi connectivity index (χ0n) is 14.6. The zero-order valence-corrected chi connectivity index (χ0v) is 16.6. The molecule has 26 heavy (non-hydrogen) atoms. The predicted molar refractivity (Wildman–Crippen MR) is 84.8 cm³/mol. The minimum Gasteiger partial charge on any atom is -0.380 e. The summed E-state index contributed by atoms with van der Waals surface area (Å²) in [5.74, 6) is -13.7. The van der Waals surface area contributed by atoms with Crippen LogP contribution in [0.25, 0.3) is 0 Å². The molecule has 1 aromatic rings. The van der Waals surface area contributed by atoms with Crippen molar-refractivity contribution in [2.75, 3.05) is 19.8 Å². The molecule has 0 saturated heterocycles. The van der Waals surface area contributed by atoms with Crippen molar-refractivity contribution in [3.63, 3.8) is 0 Å². The number of halogens is 5. The van der Waals surface area contributed by atoms with Gasteiger partial charge >= 0.3 is 0 Å². The van der Waals surface area contributed by atoms with Gasteiger partial charge in [-0.25, -0.2) is 22.0 Å². The number of carbonyl (C=O) groups is 1. The van der Waals surface area contributed by atoms with E-state index in [0.29, 0.717) is 23.7 Å². The lowest BCUT2D eigenvalue weighted by Crippen LogP contribution is -2.40. The second kappa shape index (κ2) is 9.95. The molecule has 1 aromatic carbocycles. The van der Waals surface area contributed by atoms with E-state index in [1.165, 1.54) is 0 Å². The van der Waals surface area contributed by atoms with Gasteiger partial charge in [0.05, 0.1) is 0 Å². The Morgan fingerprint density at radius 1 is 0.962 bits per heavy atom. The van der Waals surface area contributed by atoms with Crippen LogP contribution in [0.2, 0.25) is 0 Å². The average Bonchev–Trinajstić information content (AvgIpc) is 2.62. The van der Waals surface area contributed by atoms with Gasteiger partial charge in [0.1, 0.15) is 5.56 Å². The van der Waals surface area contributed by atoms with Gasteiger partial charge in [-0.15, -0.1) is 0 Å². The van der Waals surface area contributed by atoms with Crippen LogP contribution in [0.1, 0.15) is 37.0 Å². The predicted octanol–water partition coefficient (Wildman–Crippen LogP) is 1.92. The van der Waals surface area contributed by atoms with Crippen LogP contribution in [-0.2, 0) is 13.9 Å². The summed E-state index contributed by atoms with van der Waals surface area (Å²) in [6.45, 7) is 3.96. The molecule has 0 aliphatic carbocycles. The Bertz CT molecular complexity index is 612. The maximum absolute atomic E-state index is 13.6. The van der Waals surface area contributed by atoms with Crippen LogP contribution in [0.3, 0.4) is 0 Å². The number of amides is 1. The van der Waals surface area contributed by atoms with E-state index in [-0.39, 0.29) is 19.4 Å². The van der Waals surface area contributed by atoms with Crippen LogP contribution in [0.4, 0.5) is 22.0 Å². The maximum atomic E-state index is 13.6. The molecule has 5 nitrogen and oxygen atoms in total. The summed E-state index contributed by atoms with van der Waals surface area (Å²) < 4.78 is 82.5. The van der Waals surface area contributed by atoms with E-state index in [0.717, 1.165) is 0 Å². The zero-order chi connectivity index (χ0) is 19.9. The lowest BCUT2D eigenvalue weighted by Gasteiger charge is -2.31. The van der Waals surface area contributed by atoms with Gasteiger partial charge in [-0.05, 0) is 20.3 Å². The second-order valence-electron chi connectivity index (χ2n) is 5.06. The Balaban J connectivity index is 2.76.